The standard InChI is InChI=1S/C17H28N4OS/c1-3-18-17(21-7-4-15(22)12-21)19-10-13(2)20-8-5-16-14(11-20)6-9-23-16/h6,9,13,15,22H,3-5,7-8,10-12H2,1-2H3,(H,18,19)/t13?,15-/m1/s1. The molecule has 0 bridgehead atoms. The van der Waals surface area contributed by atoms with Gasteiger partial charge in [0.25, 0.3) is 0 Å². The van der Waals surface area contributed by atoms with Crippen molar-refractivity contribution in [2.45, 2.75) is 45.4 Å². The maximum absolute atomic E-state index is 9.74. The molecule has 0 saturated carbocycles. The molecular formula is C17H28N4OS. The molecule has 1 aromatic rings. The fourth-order valence-corrected chi connectivity index (χ4v) is 4.23. The molecule has 23 heavy (non-hydrogen) atoms. The van der Waals surface area contributed by atoms with Crippen LogP contribution in [0.5, 0.6) is 0 Å². The van der Waals surface area contributed by atoms with Gasteiger partial charge in [0.1, 0.15) is 0 Å². The maximum Gasteiger partial charge on any atom is 0.194 e. The first-order valence-corrected chi connectivity index (χ1v) is 9.56. The Balaban J connectivity index is 1.58. The van der Waals surface area contributed by atoms with E-state index < -0.39 is 0 Å². The molecule has 0 aromatic carbocycles. The number of nitrogens with zero attached hydrogens (tertiary/aromatic N) is 3. The number of thiophene rings is 1. The van der Waals surface area contributed by atoms with Gasteiger partial charge in [-0.3, -0.25) is 9.89 Å². The molecule has 2 aliphatic rings. The molecule has 2 N–H and O–H groups in total. The Kier molecular flexibility index (Phi) is 5.56. The summed E-state index contributed by atoms with van der Waals surface area (Å²) in [5.41, 5.74) is 1.49. The third-order valence-electron chi connectivity index (χ3n) is 4.76. The van der Waals surface area contributed by atoms with Crippen molar-refractivity contribution in [2.75, 3.05) is 32.7 Å². The van der Waals surface area contributed by atoms with Crippen molar-refractivity contribution in [1.29, 1.82) is 0 Å². The number of aliphatic imine (C=N–C) groups is 1. The van der Waals surface area contributed by atoms with E-state index in [1.165, 1.54) is 12.0 Å². The first-order chi connectivity index (χ1) is 11.2. The second-order valence-electron chi connectivity index (χ2n) is 6.52. The Bertz CT molecular complexity index is 544. The molecule has 5 nitrogen and oxygen atoms in total. The molecule has 1 fully saturated rings. The molecule has 1 aromatic heterocycles. The van der Waals surface area contributed by atoms with Gasteiger partial charge in [-0.05, 0) is 43.7 Å². The van der Waals surface area contributed by atoms with Crippen LogP contribution < -0.4 is 5.32 Å². The van der Waals surface area contributed by atoms with E-state index in [2.05, 4.69) is 40.4 Å². The Morgan fingerprint density at radius 2 is 2.39 bits per heavy atom. The van der Waals surface area contributed by atoms with Crippen molar-refractivity contribution in [2.24, 2.45) is 4.99 Å². The van der Waals surface area contributed by atoms with Crippen LogP contribution in [0.4, 0.5) is 0 Å². The molecule has 0 amide bonds. The summed E-state index contributed by atoms with van der Waals surface area (Å²) >= 11 is 1.89. The summed E-state index contributed by atoms with van der Waals surface area (Å²) in [5, 5.41) is 15.3. The highest BCUT2D eigenvalue weighted by Gasteiger charge is 2.24. The third kappa shape index (κ3) is 4.05. The van der Waals surface area contributed by atoms with E-state index in [9.17, 15) is 5.11 Å². The Morgan fingerprint density at radius 3 is 3.13 bits per heavy atom. The fourth-order valence-electron chi connectivity index (χ4n) is 3.34. The van der Waals surface area contributed by atoms with Crippen molar-refractivity contribution < 1.29 is 5.11 Å². The van der Waals surface area contributed by atoms with Gasteiger partial charge >= 0.3 is 0 Å². The molecule has 128 valence electrons. The van der Waals surface area contributed by atoms with Gasteiger partial charge in [0, 0.05) is 43.6 Å². The number of guanidine groups is 1. The molecule has 0 aliphatic carbocycles. The van der Waals surface area contributed by atoms with E-state index >= 15 is 0 Å². The molecule has 1 saturated heterocycles. The zero-order chi connectivity index (χ0) is 16.2. The quantitative estimate of drug-likeness (QED) is 0.647. The Morgan fingerprint density at radius 1 is 1.52 bits per heavy atom. The molecule has 6 heteroatoms. The molecule has 2 aliphatic heterocycles. The summed E-state index contributed by atoms with van der Waals surface area (Å²) in [6.07, 6.45) is 1.79. The monoisotopic (exact) mass is 336 g/mol. The van der Waals surface area contributed by atoms with E-state index in [1.807, 2.05) is 11.3 Å². The van der Waals surface area contributed by atoms with E-state index in [0.717, 1.165) is 45.1 Å². The number of rotatable bonds is 4. The summed E-state index contributed by atoms with van der Waals surface area (Å²) in [5.74, 6) is 0.948. The number of β-amino-alcohol motifs (C(OH)–C–C–N with tert-alkyl or cyclic N) is 1. The number of aliphatic hydroxyl groups excluding tert-OH is 1. The second-order valence-corrected chi connectivity index (χ2v) is 7.52. The maximum atomic E-state index is 9.74. The van der Waals surface area contributed by atoms with Crippen LogP contribution in [-0.4, -0.2) is 65.7 Å². The summed E-state index contributed by atoms with van der Waals surface area (Å²) in [7, 11) is 0. The highest BCUT2D eigenvalue weighted by atomic mass is 32.1. The van der Waals surface area contributed by atoms with Gasteiger partial charge in [0.15, 0.2) is 5.96 Å². The summed E-state index contributed by atoms with van der Waals surface area (Å²) in [6, 6.07) is 2.70. The van der Waals surface area contributed by atoms with Crippen LogP contribution >= 0.6 is 11.3 Å². The number of aliphatic hydroxyl groups is 1. The van der Waals surface area contributed by atoms with Crippen LogP contribution in [0.15, 0.2) is 16.4 Å². The third-order valence-corrected chi connectivity index (χ3v) is 5.79. The molecule has 3 rings (SSSR count). The van der Waals surface area contributed by atoms with E-state index in [4.69, 9.17) is 4.99 Å². The van der Waals surface area contributed by atoms with Gasteiger partial charge in [-0.25, -0.2) is 0 Å². The van der Waals surface area contributed by atoms with Gasteiger partial charge in [0.2, 0.25) is 0 Å². The van der Waals surface area contributed by atoms with Crippen LogP contribution in [0, 0.1) is 0 Å². The topological polar surface area (TPSA) is 51.1 Å². The zero-order valence-corrected chi connectivity index (χ0v) is 15.0. The van der Waals surface area contributed by atoms with Gasteiger partial charge in [-0.1, -0.05) is 0 Å². The van der Waals surface area contributed by atoms with E-state index in [0.29, 0.717) is 12.6 Å². The Hall–Kier alpha value is -1.11. The smallest absolute Gasteiger partial charge is 0.194 e. The van der Waals surface area contributed by atoms with Crippen molar-refractivity contribution >= 4 is 17.3 Å². The minimum atomic E-state index is -0.213. The highest BCUT2D eigenvalue weighted by molar-refractivity contribution is 7.10. The van der Waals surface area contributed by atoms with Crippen molar-refractivity contribution in [3.8, 4) is 0 Å². The molecule has 1 unspecified atom stereocenters. The average Bonchev–Trinajstić information content (AvgIpc) is 3.18. The fraction of sp³-hybridized carbons (Fsp3) is 0.706. The lowest BCUT2D eigenvalue weighted by Crippen LogP contribution is -2.43. The van der Waals surface area contributed by atoms with Gasteiger partial charge in [-0.2, -0.15) is 0 Å². The first kappa shape index (κ1) is 16.7. The van der Waals surface area contributed by atoms with Crippen LogP contribution in [0.25, 0.3) is 0 Å². The van der Waals surface area contributed by atoms with Gasteiger partial charge in [-0.15, -0.1) is 11.3 Å². The van der Waals surface area contributed by atoms with E-state index in [1.54, 1.807) is 4.88 Å². The minimum absolute atomic E-state index is 0.213. The van der Waals surface area contributed by atoms with Crippen LogP contribution in [0.2, 0.25) is 0 Å². The van der Waals surface area contributed by atoms with E-state index in [-0.39, 0.29) is 6.10 Å². The van der Waals surface area contributed by atoms with Crippen molar-refractivity contribution in [3.63, 3.8) is 0 Å². The van der Waals surface area contributed by atoms with Crippen LogP contribution in [-0.2, 0) is 13.0 Å². The minimum Gasteiger partial charge on any atom is -0.391 e. The lowest BCUT2D eigenvalue weighted by Gasteiger charge is -2.32. The average molecular weight is 337 g/mol. The molecular weight excluding hydrogens is 308 g/mol. The summed E-state index contributed by atoms with van der Waals surface area (Å²) in [6.45, 7) is 9.79. The number of fused-ring (bicyclic) bond motifs is 1. The normalized spacial score (nSPS) is 23.9. The van der Waals surface area contributed by atoms with Gasteiger partial charge < -0.3 is 15.3 Å². The number of likely N-dealkylation sites (tertiary alicyclic amines) is 1. The van der Waals surface area contributed by atoms with Crippen LogP contribution in [0.1, 0.15) is 30.7 Å². The second kappa shape index (κ2) is 7.64. The highest BCUT2D eigenvalue weighted by Crippen LogP contribution is 2.25. The zero-order valence-electron chi connectivity index (χ0n) is 14.2. The van der Waals surface area contributed by atoms with Crippen molar-refractivity contribution in [1.82, 2.24) is 15.1 Å². The molecule has 0 radical (unpaired) electrons. The lowest BCUT2D eigenvalue weighted by molar-refractivity contribution is 0.187. The molecule has 0 spiro atoms. The number of hydrogen-bond acceptors (Lipinski definition) is 4. The SMILES string of the molecule is CCNC(=NCC(C)N1CCc2sccc2C1)N1CC[C@@H](O)C1. The predicted molar refractivity (Wildman–Crippen MR) is 96.1 cm³/mol. The number of hydrogen-bond donors (Lipinski definition) is 2. The molecule has 3 heterocycles. The predicted octanol–water partition coefficient (Wildman–Crippen LogP) is 1.53. The Labute approximate surface area is 143 Å². The summed E-state index contributed by atoms with van der Waals surface area (Å²) < 4.78 is 0. The molecule has 2 atom stereocenters. The number of nitrogens with one attached hydrogen (secondary N) is 1. The summed E-state index contributed by atoms with van der Waals surface area (Å²) in [4.78, 5) is 11.1. The largest absolute Gasteiger partial charge is 0.391 e. The first-order valence-electron chi connectivity index (χ1n) is 8.68. The van der Waals surface area contributed by atoms with Gasteiger partial charge in [0.05, 0.1) is 12.6 Å². The van der Waals surface area contributed by atoms with Crippen LogP contribution in [0.3, 0.4) is 0 Å². The van der Waals surface area contributed by atoms with Crippen molar-refractivity contribution in [3.05, 3.63) is 21.9 Å². The lowest BCUT2D eigenvalue weighted by atomic mass is 10.1.